The number of rotatable bonds is 3. The van der Waals surface area contributed by atoms with Crippen LogP contribution >= 0.6 is 0 Å². The highest BCUT2D eigenvalue weighted by atomic mass is 16.3. The number of nitrogens with two attached hydrogens (primary N) is 1. The fourth-order valence-corrected chi connectivity index (χ4v) is 2.17. The van der Waals surface area contributed by atoms with Crippen LogP contribution < -0.4 is 5.73 Å². The maximum atomic E-state index is 10.7. The molecule has 0 saturated carbocycles. The molecule has 0 aliphatic heterocycles. The van der Waals surface area contributed by atoms with Crippen molar-refractivity contribution in [2.75, 3.05) is 0 Å². The standard InChI is InChI=1S/C11H16N2O2/c12-11(15)5-7-13-6-4-8-9(13)2-1-3-10(8)14/h4,6,10,14H,1-3,5,7H2,(H2,12,15). The SMILES string of the molecule is NC(=O)CCn1ccc2c1CCCC2O. The summed E-state index contributed by atoms with van der Waals surface area (Å²) in [5, 5.41) is 9.75. The summed E-state index contributed by atoms with van der Waals surface area (Å²) < 4.78 is 2.03. The predicted octanol–water partition coefficient (Wildman–Crippen LogP) is 0.733. The summed E-state index contributed by atoms with van der Waals surface area (Å²) in [7, 11) is 0. The predicted molar refractivity (Wildman–Crippen MR) is 56.1 cm³/mol. The number of hydrogen-bond acceptors (Lipinski definition) is 2. The van der Waals surface area contributed by atoms with Crippen molar-refractivity contribution in [1.29, 1.82) is 0 Å². The molecule has 0 fully saturated rings. The molecule has 4 nitrogen and oxygen atoms in total. The summed E-state index contributed by atoms with van der Waals surface area (Å²) in [6.07, 6.45) is 4.79. The molecule has 1 aliphatic rings. The van der Waals surface area contributed by atoms with Crippen LogP contribution in [0, 0.1) is 0 Å². The molecule has 0 bridgehead atoms. The number of aliphatic hydroxyl groups excluding tert-OH is 1. The van der Waals surface area contributed by atoms with E-state index in [2.05, 4.69) is 0 Å². The second kappa shape index (κ2) is 4.06. The molecule has 0 spiro atoms. The lowest BCUT2D eigenvalue weighted by molar-refractivity contribution is -0.118. The summed E-state index contributed by atoms with van der Waals surface area (Å²) in [5.74, 6) is -0.284. The van der Waals surface area contributed by atoms with E-state index < -0.39 is 0 Å². The van der Waals surface area contributed by atoms with Crippen LogP contribution in [0.1, 0.15) is 36.6 Å². The summed E-state index contributed by atoms with van der Waals surface area (Å²) >= 11 is 0. The van der Waals surface area contributed by atoms with Crippen molar-refractivity contribution in [3.63, 3.8) is 0 Å². The number of carbonyl (C=O) groups excluding carboxylic acids is 1. The maximum Gasteiger partial charge on any atom is 0.219 e. The van der Waals surface area contributed by atoms with Crippen molar-refractivity contribution in [1.82, 2.24) is 4.57 Å². The van der Waals surface area contributed by atoms with Gasteiger partial charge in [-0.15, -0.1) is 0 Å². The smallest absolute Gasteiger partial charge is 0.219 e. The van der Waals surface area contributed by atoms with E-state index in [1.807, 2.05) is 16.8 Å². The van der Waals surface area contributed by atoms with Gasteiger partial charge in [-0.1, -0.05) is 0 Å². The van der Waals surface area contributed by atoms with Gasteiger partial charge in [0.15, 0.2) is 0 Å². The molecular formula is C11H16N2O2. The Balaban J connectivity index is 2.16. The molecule has 4 heteroatoms. The molecule has 1 aliphatic carbocycles. The molecule has 1 aromatic rings. The van der Waals surface area contributed by atoms with Gasteiger partial charge in [0, 0.05) is 30.4 Å². The van der Waals surface area contributed by atoms with E-state index in [9.17, 15) is 9.90 Å². The van der Waals surface area contributed by atoms with Crippen LogP contribution in [0.5, 0.6) is 0 Å². The van der Waals surface area contributed by atoms with E-state index in [-0.39, 0.29) is 12.0 Å². The van der Waals surface area contributed by atoms with Crippen molar-refractivity contribution in [3.05, 3.63) is 23.5 Å². The van der Waals surface area contributed by atoms with Crippen molar-refractivity contribution >= 4 is 5.91 Å². The molecule has 1 atom stereocenters. The van der Waals surface area contributed by atoms with E-state index in [1.165, 1.54) is 0 Å². The molecule has 1 unspecified atom stereocenters. The Morgan fingerprint density at radius 3 is 3.20 bits per heavy atom. The van der Waals surface area contributed by atoms with E-state index in [0.29, 0.717) is 13.0 Å². The van der Waals surface area contributed by atoms with Crippen LogP contribution in [-0.2, 0) is 17.8 Å². The molecule has 82 valence electrons. The first-order valence-corrected chi connectivity index (χ1v) is 5.33. The first-order chi connectivity index (χ1) is 7.18. The minimum absolute atomic E-state index is 0.284. The number of aliphatic hydroxyl groups is 1. The zero-order chi connectivity index (χ0) is 10.8. The van der Waals surface area contributed by atoms with Crippen LogP contribution in [0.2, 0.25) is 0 Å². The number of hydrogen-bond donors (Lipinski definition) is 2. The average Bonchev–Trinajstić information content (AvgIpc) is 2.59. The van der Waals surface area contributed by atoms with Gasteiger partial charge in [0.1, 0.15) is 0 Å². The zero-order valence-corrected chi connectivity index (χ0v) is 8.65. The maximum absolute atomic E-state index is 10.7. The molecule has 1 aromatic heterocycles. The van der Waals surface area contributed by atoms with Gasteiger partial charge in [-0.05, 0) is 25.3 Å². The van der Waals surface area contributed by atoms with E-state index >= 15 is 0 Å². The molecule has 2 rings (SSSR count). The quantitative estimate of drug-likeness (QED) is 0.769. The van der Waals surface area contributed by atoms with Gasteiger partial charge < -0.3 is 15.4 Å². The van der Waals surface area contributed by atoms with Crippen LogP contribution in [0.4, 0.5) is 0 Å². The van der Waals surface area contributed by atoms with Gasteiger partial charge in [-0.25, -0.2) is 0 Å². The number of fused-ring (bicyclic) bond motifs is 1. The van der Waals surface area contributed by atoms with E-state index in [4.69, 9.17) is 5.73 Å². The summed E-state index contributed by atoms with van der Waals surface area (Å²) in [4.78, 5) is 10.7. The number of aryl methyl sites for hydroxylation is 1. The van der Waals surface area contributed by atoms with Gasteiger partial charge >= 0.3 is 0 Å². The molecule has 3 N–H and O–H groups in total. The third-order valence-electron chi connectivity index (χ3n) is 2.96. The molecule has 0 saturated heterocycles. The Morgan fingerprint density at radius 1 is 1.67 bits per heavy atom. The molecular weight excluding hydrogens is 192 g/mol. The number of amides is 1. The highest BCUT2D eigenvalue weighted by molar-refractivity contribution is 5.73. The average molecular weight is 208 g/mol. The van der Waals surface area contributed by atoms with Crippen LogP contribution in [0.3, 0.4) is 0 Å². The van der Waals surface area contributed by atoms with Crippen molar-refractivity contribution in [2.24, 2.45) is 5.73 Å². The van der Waals surface area contributed by atoms with Gasteiger partial charge in [0.25, 0.3) is 0 Å². The first-order valence-electron chi connectivity index (χ1n) is 5.33. The van der Waals surface area contributed by atoms with E-state index in [0.717, 1.165) is 30.5 Å². The number of nitrogens with zero attached hydrogens (tertiary/aromatic N) is 1. The molecule has 0 aromatic carbocycles. The largest absolute Gasteiger partial charge is 0.388 e. The lowest BCUT2D eigenvalue weighted by Gasteiger charge is -2.19. The lowest BCUT2D eigenvalue weighted by Crippen LogP contribution is -2.16. The second-order valence-electron chi connectivity index (χ2n) is 4.04. The van der Waals surface area contributed by atoms with Gasteiger partial charge in [-0.2, -0.15) is 0 Å². The molecule has 15 heavy (non-hydrogen) atoms. The number of aromatic nitrogens is 1. The highest BCUT2D eigenvalue weighted by Crippen LogP contribution is 2.30. The van der Waals surface area contributed by atoms with Crippen LogP contribution in [0.15, 0.2) is 12.3 Å². The Bertz CT molecular complexity index is 371. The lowest BCUT2D eigenvalue weighted by atomic mass is 9.95. The normalized spacial score (nSPS) is 19.9. The highest BCUT2D eigenvalue weighted by Gasteiger charge is 2.20. The molecule has 1 amide bonds. The molecule has 1 heterocycles. The number of primary amides is 1. The van der Waals surface area contributed by atoms with Gasteiger partial charge in [-0.3, -0.25) is 4.79 Å². The summed E-state index contributed by atoms with van der Waals surface area (Å²) in [6, 6.07) is 1.94. The Labute approximate surface area is 88.7 Å². The Kier molecular flexibility index (Phi) is 2.77. The zero-order valence-electron chi connectivity index (χ0n) is 8.65. The van der Waals surface area contributed by atoms with Crippen molar-refractivity contribution < 1.29 is 9.90 Å². The minimum Gasteiger partial charge on any atom is -0.388 e. The van der Waals surface area contributed by atoms with Gasteiger partial charge in [0.2, 0.25) is 5.91 Å². The van der Waals surface area contributed by atoms with E-state index in [1.54, 1.807) is 0 Å². The Morgan fingerprint density at radius 2 is 2.47 bits per heavy atom. The van der Waals surface area contributed by atoms with Gasteiger partial charge in [0.05, 0.1) is 6.10 Å². The summed E-state index contributed by atoms with van der Waals surface area (Å²) in [6.45, 7) is 0.622. The summed E-state index contributed by atoms with van der Waals surface area (Å²) in [5.41, 5.74) is 7.29. The Hall–Kier alpha value is -1.29. The third-order valence-corrected chi connectivity index (χ3v) is 2.96. The van der Waals surface area contributed by atoms with Crippen molar-refractivity contribution in [3.8, 4) is 0 Å². The molecule has 0 radical (unpaired) electrons. The second-order valence-corrected chi connectivity index (χ2v) is 4.04. The third kappa shape index (κ3) is 2.04. The first kappa shape index (κ1) is 10.2. The monoisotopic (exact) mass is 208 g/mol. The fourth-order valence-electron chi connectivity index (χ4n) is 2.17. The topological polar surface area (TPSA) is 68.2 Å². The fraction of sp³-hybridized carbons (Fsp3) is 0.545. The van der Waals surface area contributed by atoms with Crippen LogP contribution in [-0.4, -0.2) is 15.6 Å². The minimum atomic E-state index is -0.330. The number of carbonyl (C=O) groups is 1. The van der Waals surface area contributed by atoms with Crippen LogP contribution in [0.25, 0.3) is 0 Å². The van der Waals surface area contributed by atoms with Crippen molar-refractivity contribution in [2.45, 2.75) is 38.3 Å².